The van der Waals surface area contributed by atoms with Gasteiger partial charge in [-0.2, -0.15) is 0 Å². The zero-order valence-electron chi connectivity index (χ0n) is 20.8. The van der Waals surface area contributed by atoms with Gasteiger partial charge in [0.1, 0.15) is 18.2 Å². The first-order valence-corrected chi connectivity index (χ1v) is 13.2. The van der Waals surface area contributed by atoms with Crippen LogP contribution in [0.3, 0.4) is 0 Å². The molecule has 0 spiro atoms. The summed E-state index contributed by atoms with van der Waals surface area (Å²) in [7, 11) is 0. The number of nitrogens with zero attached hydrogens (tertiary/aromatic N) is 1. The first-order valence-electron chi connectivity index (χ1n) is 13.2. The van der Waals surface area contributed by atoms with Crippen LogP contribution < -0.4 is 16.0 Å². The van der Waals surface area contributed by atoms with Gasteiger partial charge in [-0.3, -0.25) is 24.0 Å². The lowest BCUT2D eigenvalue weighted by Crippen LogP contribution is -2.59. The second-order valence-electron chi connectivity index (χ2n) is 10.8. The van der Waals surface area contributed by atoms with Crippen molar-refractivity contribution in [1.82, 2.24) is 20.9 Å². The van der Waals surface area contributed by atoms with E-state index in [1.807, 2.05) is 30.3 Å². The van der Waals surface area contributed by atoms with Crippen LogP contribution in [-0.2, 0) is 29.5 Å². The zero-order chi connectivity index (χ0) is 26.2. The van der Waals surface area contributed by atoms with Gasteiger partial charge < -0.3 is 26.0 Å². The molecule has 0 aromatic heterocycles. The van der Waals surface area contributed by atoms with E-state index < -0.39 is 41.8 Å². The highest BCUT2D eigenvalue weighted by Crippen LogP contribution is 2.45. The monoisotopic (exact) mass is 510 g/mol. The van der Waals surface area contributed by atoms with Gasteiger partial charge in [0.15, 0.2) is 5.78 Å². The topological polar surface area (TPSA) is 145 Å². The van der Waals surface area contributed by atoms with Gasteiger partial charge in [-0.25, -0.2) is 0 Å². The Hall–Kier alpha value is -3.27. The molecular formula is C27H34N4O6. The Labute approximate surface area is 215 Å². The molecule has 4 aliphatic rings. The maximum atomic E-state index is 14.2. The highest BCUT2D eigenvalue weighted by molar-refractivity contribution is 5.99. The number of likely N-dealkylation sites (tertiary alicyclic amines) is 1. The quantitative estimate of drug-likeness (QED) is 0.387. The fourth-order valence-corrected chi connectivity index (χ4v) is 6.78. The smallest absolute Gasteiger partial charge is 0.253 e. The van der Waals surface area contributed by atoms with Crippen molar-refractivity contribution in [3.63, 3.8) is 0 Å². The number of ketones is 1. The summed E-state index contributed by atoms with van der Waals surface area (Å²) in [5, 5.41) is 18.0. The van der Waals surface area contributed by atoms with Crippen molar-refractivity contribution in [2.45, 2.75) is 62.6 Å². The lowest BCUT2D eigenvalue weighted by molar-refractivity contribution is -0.146. The summed E-state index contributed by atoms with van der Waals surface area (Å²) in [5.41, 5.74) is -0.555. The van der Waals surface area contributed by atoms with Crippen molar-refractivity contribution >= 4 is 29.4 Å². The van der Waals surface area contributed by atoms with Gasteiger partial charge in [-0.1, -0.05) is 36.8 Å². The molecule has 5 rings (SSSR count). The van der Waals surface area contributed by atoms with E-state index in [0.717, 1.165) is 19.3 Å². The molecular weight excluding hydrogens is 476 g/mol. The number of carbonyl (C=O) groups excluding carboxylic acids is 5. The summed E-state index contributed by atoms with van der Waals surface area (Å²) >= 11 is 0. The van der Waals surface area contributed by atoms with Crippen molar-refractivity contribution in [2.24, 2.45) is 17.8 Å². The average molecular weight is 511 g/mol. The largest absolute Gasteiger partial charge is 0.389 e. The lowest BCUT2D eigenvalue weighted by Gasteiger charge is -2.36. The predicted molar refractivity (Wildman–Crippen MR) is 132 cm³/mol. The van der Waals surface area contributed by atoms with Crippen molar-refractivity contribution < 1.29 is 29.1 Å². The average Bonchev–Trinajstić information content (AvgIpc) is 3.68. The van der Waals surface area contributed by atoms with Crippen LogP contribution in [0.1, 0.15) is 50.5 Å². The van der Waals surface area contributed by atoms with Gasteiger partial charge >= 0.3 is 0 Å². The van der Waals surface area contributed by atoms with Crippen molar-refractivity contribution in [3.8, 4) is 0 Å². The molecule has 0 bridgehead atoms. The fraction of sp³-hybridized carbons (Fsp3) is 0.593. The van der Waals surface area contributed by atoms with E-state index in [9.17, 15) is 29.1 Å². The normalized spacial score (nSPS) is 31.5. The Bertz CT molecular complexity index is 1090. The zero-order valence-corrected chi connectivity index (χ0v) is 20.8. The highest BCUT2D eigenvalue weighted by Gasteiger charge is 2.56. The van der Waals surface area contributed by atoms with E-state index >= 15 is 0 Å². The molecule has 10 nitrogen and oxygen atoms in total. The van der Waals surface area contributed by atoms with Crippen molar-refractivity contribution in [2.75, 3.05) is 19.7 Å². The Morgan fingerprint density at radius 2 is 1.92 bits per heavy atom. The van der Waals surface area contributed by atoms with Gasteiger partial charge in [-0.15, -0.1) is 0 Å². The van der Waals surface area contributed by atoms with E-state index in [4.69, 9.17) is 0 Å². The molecule has 3 heterocycles. The van der Waals surface area contributed by atoms with Crippen LogP contribution in [0.15, 0.2) is 30.3 Å². The van der Waals surface area contributed by atoms with Gasteiger partial charge in [-0.05, 0) is 49.5 Å². The molecule has 1 saturated carbocycles. The third-order valence-corrected chi connectivity index (χ3v) is 8.68. The third kappa shape index (κ3) is 4.63. The summed E-state index contributed by atoms with van der Waals surface area (Å²) in [6.07, 6.45) is 3.84. The number of hydrogen-bond donors (Lipinski definition) is 4. The molecule has 0 unspecified atom stereocenters. The van der Waals surface area contributed by atoms with Gasteiger partial charge in [0.2, 0.25) is 17.7 Å². The van der Waals surface area contributed by atoms with E-state index in [1.54, 1.807) is 4.90 Å². The van der Waals surface area contributed by atoms with Crippen LogP contribution in [0, 0.1) is 17.8 Å². The Kier molecular flexibility index (Phi) is 7.02. The van der Waals surface area contributed by atoms with Gasteiger partial charge in [0, 0.05) is 25.4 Å². The molecule has 37 heavy (non-hydrogen) atoms. The Morgan fingerprint density at radius 1 is 1.14 bits per heavy atom. The molecule has 1 aromatic rings. The highest BCUT2D eigenvalue weighted by atomic mass is 16.3. The van der Waals surface area contributed by atoms with Crippen molar-refractivity contribution in [3.05, 3.63) is 35.9 Å². The van der Waals surface area contributed by atoms with Crippen LogP contribution in [0.4, 0.5) is 0 Å². The summed E-state index contributed by atoms with van der Waals surface area (Å²) in [4.78, 5) is 66.6. The van der Waals surface area contributed by atoms with Gasteiger partial charge in [0.05, 0.1) is 6.04 Å². The van der Waals surface area contributed by atoms with E-state index in [2.05, 4.69) is 16.0 Å². The summed E-state index contributed by atoms with van der Waals surface area (Å²) < 4.78 is 0. The predicted octanol–water partition coefficient (Wildman–Crippen LogP) is -0.00860. The van der Waals surface area contributed by atoms with E-state index in [0.29, 0.717) is 31.5 Å². The number of carbonyl (C=O) groups is 5. The third-order valence-electron chi connectivity index (χ3n) is 8.68. The molecule has 0 radical (unpaired) electrons. The molecule has 4 fully saturated rings. The second-order valence-corrected chi connectivity index (χ2v) is 10.8. The lowest BCUT2D eigenvalue weighted by atomic mass is 9.86. The molecule has 1 aromatic carbocycles. The molecule has 10 heteroatoms. The van der Waals surface area contributed by atoms with Crippen LogP contribution >= 0.6 is 0 Å². The second kappa shape index (κ2) is 10.2. The standard InChI is InChI=1S/C27H34N4O6/c32-15-21(33)20(13-16-10-12-28-24(16)35)29-25(36)23-19-8-4-5-17(19)14-31(23)26(37)27(11-9-22(34)30-27)18-6-2-1-3-7-18/h1-3,6-7,16-17,19-20,23,32H,4-5,8-15H2,(H,28,35)(H,29,36)(H,30,34)/t16-,17-,19-,20-,23+,27-/m1/s1. The minimum Gasteiger partial charge on any atom is -0.389 e. The molecule has 4 amide bonds. The maximum absolute atomic E-state index is 14.2. The van der Waals surface area contributed by atoms with Crippen LogP contribution in [0.2, 0.25) is 0 Å². The number of Topliss-reactive ketones (excluding diaryl/α,β-unsaturated/α-hetero) is 1. The SMILES string of the molecule is O=C1CC[C@](C(=O)N2C[C@H]3CCC[C@H]3[C@H]2C(=O)N[C@H](C[C@H]2CCNC2=O)C(=O)CO)(c2ccccc2)N1. The molecule has 3 saturated heterocycles. The van der Waals surface area contributed by atoms with E-state index in [-0.39, 0.29) is 42.4 Å². The number of hydrogen-bond acceptors (Lipinski definition) is 6. The first-order chi connectivity index (χ1) is 17.8. The molecule has 1 aliphatic carbocycles. The summed E-state index contributed by atoms with van der Waals surface area (Å²) in [6.45, 7) is 0.177. The summed E-state index contributed by atoms with van der Waals surface area (Å²) in [6, 6.07) is 7.32. The number of aliphatic hydroxyl groups excluding tert-OH is 1. The van der Waals surface area contributed by atoms with Crippen LogP contribution in [0.25, 0.3) is 0 Å². The fourth-order valence-electron chi connectivity index (χ4n) is 6.78. The number of nitrogens with one attached hydrogen (secondary N) is 3. The minimum absolute atomic E-state index is 0.0477. The van der Waals surface area contributed by atoms with Crippen molar-refractivity contribution in [1.29, 1.82) is 0 Å². The minimum atomic E-state index is -1.24. The Balaban J connectivity index is 1.42. The van der Waals surface area contributed by atoms with Gasteiger partial charge in [0.25, 0.3) is 5.91 Å². The van der Waals surface area contributed by atoms with E-state index in [1.165, 1.54) is 0 Å². The number of aliphatic hydroxyl groups is 1. The molecule has 4 N–H and O–H groups in total. The Morgan fingerprint density at radius 3 is 2.57 bits per heavy atom. The maximum Gasteiger partial charge on any atom is 0.253 e. The number of fused-ring (bicyclic) bond motifs is 1. The molecule has 6 atom stereocenters. The number of amides is 4. The first kappa shape index (κ1) is 25.4. The summed E-state index contributed by atoms with van der Waals surface area (Å²) in [5.74, 6) is -1.99. The number of rotatable bonds is 8. The molecule has 3 aliphatic heterocycles. The number of benzene rings is 1. The molecule has 198 valence electrons. The van der Waals surface area contributed by atoms with Crippen LogP contribution in [0.5, 0.6) is 0 Å². The van der Waals surface area contributed by atoms with Crippen LogP contribution in [-0.4, -0.2) is 71.2 Å².